The summed E-state index contributed by atoms with van der Waals surface area (Å²) in [4.78, 5) is 8.44. The Morgan fingerprint density at radius 3 is 2.88 bits per heavy atom. The number of thiophene rings is 1. The molecule has 1 unspecified atom stereocenters. The van der Waals surface area contributed by atoms with E-state index in [1.165, 1.54) is 23.3 Å². The van der Waals surface area contributed by atoms with Gasteiger partial charge in [-0.1, -0.05) is 12.1 Å². The van der Waals surface area contributed by atoms with Gasteiger partial charge in [0.15, 0.2) is 0 Å². The fourth-order valence-electron chi connectivity index (χ4n) is 3.88. The van der Waals surface area contributed by atoms with Crippen LogP contribution in [0.25, 0.3) is 0 Å². The molecule has 2 aromatic heterocycles. The molecule has 3 heterocycles. The molecule has 1 atom stereocenters. The van der Waals surface area contributed by atoms with Gasteiger partial charge in [-0.25, -0.2) is 0 Å². The second kappa shape index (κ2) is 7.98. The molecule has 1 aliphatic heterocycles. The number of aromatic nitrogens is 1. The predicted octanol–water partition coefficient (Wildman–Crippen LogP) is 4.74. The highest BCUT2D eigenvalue weighted by molar-refractivity contribution is 7.09. The maximum atomic E-state index is 5.92. The second-order valence-corrected chi connectivity index (χ2v) is 8.72. The van der Waals surface area contributed by atoms with Gasteiger partial charge in [0.2, 0.25) is 0 Å². The summed E-state index contributed by atoms with van der Waals surface area (Å²) in [5.41, 5.74) is 1.56. The van der Waals surface area contributed by atoms with Crippen LogP contribution in [0.3, 0.4) is 0 Å². The molecule has 1 saturated heterocycles. The highest BCUT2D eigenvalue weighted by atomic mass is 32.1. The zero-order chi connectivity index (χ0) is 17.8. The Morgan fingerprint density at radius 1 is 1.32 bits per heavy atom. The van der Waals surface area contributed by atoms with E-state index in [2.05, 4.69) is 54.2 Å². The monoisotopic (exact) mass is 358 g/mol. The molecule has 0 N–H and O–H groups in total. The van der Waals surface area contributed by atoms with Crippen molar-refractivity contribution < 1.29 is 4.74 Å². The number of likely N-dealkylation sites (tertiary alicyclic amines) is 1. The van der Waals surface area contributed by atoms with Crippen LogP contribution in [0.5, 0.6) is 0 Å². The molecule has 25 heavy (non-hydrogen) atoms. The molecule has 0 bridgehead atoms. The summed E-state index contributed by atoms with van der Waals surface area (Å²) >= 11 is 1.87. The Morgan fingerprint density at radius 2 is 2.20 bits per heavy atom. The van der Waals surface area contributed by atoms with Gasteiger partial charge in [0, 0.05) is 41.4 Å². The molecule has 2 aromatic rings. The Kier molecular flexibility index (Phi) is 5.92. The molecule has 0 saturated carbocycles. The van der Waals surface area contributed by atoms with E-state index < -0.39 is 0 Å². The predicted molar refractivity (Wildman–Crippen MR) is 105 cm³/mol. The van der Waals surface area contributed by atoms with E-state index in [4.69, 9.17) is 4.74 Å². The Labute approximate surface area is 156 Å². The molecule has 1 fully saturated rings. The topological polar surface area (TPSA) is 25.4 Å². The highest BCUT2D eigenvalue weighted by Gasteiger charge is 2.43. The maximum absolute atomic E-state index is 5.92. The molecular weight excluding hydrogens is 328 g/mol. The van der Waals surface area contributed by atoms with Crippen LogP contribution >= 0.6 is 11.3 Å². The minimum absolute atomic E-state index is 0.00512. The van der Waals surface area contributed by atoms with Gasteiger partial charge in [-0.3, -0.25) is 9.88 Å². The van der Waals surface area contributed by atoms with Gasteiger partial charge in [0.1, 0.15) is 0 Å². The van der Waals surface area contributed by atoms with Gasteiger partial charge in [0.05, 0.1) is 6.61 Å². The van der Waals surface area contributed by atoms with Crippen LogP contribution in [-0.4, -0.2) is 36.2 Å². The van der Waals surface area contributed by atoms with Gasteiger partial charge in [-0.15, -0.1) is 11.3 Å². The van der Waals surface area contributed by atoms with Gasteiger partial charge in [0.25, 0.3) is 0 Å². The summed E-state index contributed by atoms with van der Waals surface area (Å²) < 4.78 is 5.92. The number of aryl methyl sites for hydroxylation is 1. The van der Waals surface area contributed by atoms with Gasteiger partial charge in [-0.05, 0) is 69.7 Å². The summed E-state index contributed by atoms with van der Waals surface area (Å²) in [7, 11) is 0. The first kappa shape index (κ1) is 18.6. The van der Waals surface area contributed by atoms with Crippen molar-refractivity contribution in [2.45, 2.75) is 45.6 Å². The highest BCUT2D eigenvalue weighted by Crippen LogP contribution is 2.41. The number of hydrogen-bond donors (Lipinski definition) is 0. The van der Waals surface area contributed by atoms with Crippen LogP contribution in [-0.2, 0) is 16.7 Å². The van der Waals surface area contributed by atoms with E-state index in [0.717, 1.165) is 32.7 Å². The third-order valence-electron chi connectivity index (χ3n) is 5.69. The van der Waals surface area contributed by atoms with Crippen molar-refractivity contribution >= 4 is 11.3 Å². The molecule has 0 aliphatic carbocycles. The van der Waals surface area contributed by atoms with Crippen LogP contribution in [0.4, 0.5) is 0 Å². The summed E-state index contributed by atoms with van der Waals surface area (Å²) in [5, 5.41) is 2.18. The molecule has 0 radical (unpaired) electrons. The van der Waals surface area contributed by atoms with E-state index in [1.807, 2.05) is 29.8 Å². The third kappa shape index (κ3) is 4.30. The third-order valence-corrected chi connectivity index (χ3v) is 6.63. The number of ether oxygens (including phenoxy) is 1. The molecule has 3 nitrogen and oxygen atoms in total. The molecule has 1 aliphatic rings. The van der Waals surface area contributed by atoms with Gasteiger partial charge >= 0.3 is 0 Å². The first-order valence-corrected chi connectivity index (χ1v) is 10.2. The summed E-state index contributed by atoms with van der Waals surface area (Å²) in [5.74, 6) is 0. The number of hydrogen-bond acceptors (Lipinski definition) is 4. The van der Waals surface area contributed by atoms with Gasteiger partial charge < -0.3 is 4.74 Å². The Balaban J connectivity index is 1.72. The van der Waals surface area contributed by atoms with Crippen molar-refractivity contribution in [3.05, 3.63) is 52.5 Å². The largest absolute Gasteiger partial charge is 0.381 e. The van der Waals surface area contributed by atoms with Crippen molar-refractivity contribution in [1.82, 2.24) is 9.88 Å². The fraction of sp³-hybridized carbons (Fsp3) is 0.571. The zero-order valence-electron chi connectivity index (χ0n) is 15.7. The lowest BCUT2D eigenvalue weighted by molar-refractivity contribution is 0.0386. The van der Waals surface area contributed by atoms with E-state index >= 15 is 0 Å². The van der Waals surface area contributed by atoms with Crippen LogP contribution in [0.15, 0.2) is 42.0 Å². The van der Waals surface area contributed by atoms with Crippen molar-refractivity contribution in [3.63, 3.8) is 0 Å². The molecule has 0 aromatic carbocycles. The lowest BCUT2D eigenvalue weighted by Crippen LogP contribution is -2.42. The van der Waals surface area contributed by atoms with E-state index in [0.29, 0.717) is 0 Å². The lowest BCUT2D eigenvalue weighted by atomic mass is 9.82. The van der Waals surface area contributed by atoms with E-state index in [1.54, 1.807) is 0 Å². The summed E-state index contributed by atoms with van der Waals surface area (Å²) in [6, 6.07) is 8.64. The molecule has 3 rings (SSSR count). The van der Waals surface area contributed by atoms with Crippen molar-refractivity contribution in [2.24, 2.45) is 5.41 Å². The quantitative estimate of drug-likeness (QED) is 0.681. The van der Waals surface area contributed by atoms with E-state index in [9.17, 15) is 0 Å². The number of pyridine rings is 1. The minimum atomic E-state index is 0.00512. The normalized spacial score (nSPS) is 21.7. The zero-order valence-corrected chi connectivity index (χ0v) is 16.5. The average molecular weight is 359 g/mol. The molecular formula is C21H30N2OS. The lowest BCUT2D eigenvalue weighted by Gasteiger charge is -2.38. The Hall–Kier alpha value is -1.23. The first-order valence-electron chi connectivity index (χ1n) is 9.31. The van der Waals surface area contributed by atoms with Crippen LogP contribution in [0.2, 0.25) is 0 Å². The smallest absolute Gasteiger partial charge is 0.0535 e. The minimum Gasteiger partial charge on any atom is -0.381 e. The van der Waals surface area contributed by atoms with Crippen LogP contribution in [0.1, 0.15) is 44.1 Å². The second-order valence-electron chi connectivity index (χ2n) is 7.69. The summed E-state index contributed by atoms with van der Waals surface area (Å²) in [6.07, 6.45) is 7.43. The molecule has 4 heteroatoms. The number of rotatable bonds is 8. The fourth-order valence-corrected chi connectivity index (χ4v) is 4.58. The summed E-state index contributed by atoms with van der Waals surface area (Å²) in [6.45, 7) is 10.6. The van der Waals surface area contributed by atoms with Crippen LogP contribution in [0, 0.1) is 5.41 Å². The molecule has 0 spiro atoms. The standard InChI is InChI=1S/C21H30N2OS/c1-4-24-17-21(10-9-19-8-6-14-25-19)11-13-23(16-21)20(2,3)18-7-5-12-22-15-18/h5-8,12,14-15H,4,9-11,13,16-17H2,1-3H3. The SMILES string of the molecule is CCOCC1(CCc2cccs2)CCN(C(C)(C)c2cccnc2)C1. The molecule has 0 amide bonds. The Bertz CT molecular complexity index is 641. The first-order chi connectivity index (χ1) is 12.1. The van der Waals surface area contributed by atoms with Crippen molar-refractivity contribution in [2.75, 3.05) is 26.3 Å². The maximum Gasteiger partial charge on any atom is 0.0535 e. The van der Waals surface area contributed by atoms with Crippen molar-refractivity contribution in [1.29, 1.82) is 0 Å². The molecule has 136 valence electrons. The van der Waals surface area contributed by atoms with Crippen molar-refractivity contribution in [3.8, 4) is 0 Å². The van der Waals surface area contributed by atoms with Crippen LogP contribution < -0.4 is 0 Å². The van der Waals surface area contributed by atoms with Gasteiger partial charge in [-0.2, -0.15) is 0 Å². The number of nitrogens with zero attached hydrogens (tertiary/aromatic N) is 2. The average Bonchev–Trinajstić information content (AvgIpc) is 3.30. The van der Waals surface area contributed by atoms with E-state index in [-0.39, 0.29) is 11.0 Å².